The largest absolute Gasteiger partial charge is 0.495 e. The summed E-state index contributed by atoms with van der Waals surface area (Å²) in [5, 5.41) is 0. The number of ether oxygens (including phenoxy) is 4. The fourth-order valence-electron chi connectivity index (χ4n) is 3.78. The highest BCUT2D eigenvalue weighted by Crippen LogP contribution is 2.41. The van der Waals surface area contributed by atoms with Crippen LogP contribution in [0.4, 0.5) is 0 Å². The number of benzene rings is 2. The smallest absolute Gasteiger partial charge is 0.203 e. The van der Waals surface area contributed by atoms with Crippen LogP contribution in [0, 0.1) is 17.3 Å². The van der Waals surface area contributed by atoms with E-state index in [9.17, 15) is 0 Å². The summed E-state index contributed by atoms with van der Waals surface area (Å²) in [7, 11) is 6.42. The molecule has 5 heteroatoms. The first kappa shape index (κ1) is 25.5. The fourth-order valence-corrected chi connectivity index (χ4v) is 4.17. The maximum Gasteiger partial charge on any atom is 0.203 e. The van der Waals surface area contributed by atoms with E-state index in [1.165, 1.54) is 0 Å². The van der Waals surface area contributed by atoms with Crippen LogP contribution in [-0.4, -0.2) is 33.2 Å². The molecular formula is C27H34O4S. The lowest BCUT2D eigenvalue weighted by Gasteiger charge is -2.27. The molecule has 0 saturated carbocycles. The second-order valence-electron chi connectivity index (χ2n) is 8.93. The van der Waals surface area contributed by atoms with Gasteiger partial charge in [0, 0.05) is 10.2 Å². The van der Waals surface area contributed by atoms with Crippen LogP contribution in [0.5, 0.6) is 23.0 Å². The fraction of sp³-hybridized carbons (Fsp3) is 0.407. The first-order valence-corrected chi connectivity index (χ1v) is 10.8. The Hall–Kier alpha value is -2.71. The van der Waals surface area contributed by atoms with Crippen LogP contribution in [0.15, 0.2) is 36.9 Å². The molecule has 0 fully saturated rings. The molecule has 0 spiro atoms. The summed E-state index contributed by atoms with van der Waals surface area (Å²) in [4.78, 5) is 0. The molecule has 0 heterocycles. The van der Waals surface area contributed by atoms with Crippen LogP contribution >= 0.6 is 12.6 Å². The molecule has 0 unspecified atom stereocenters. The first-order chi connectivity index (χ1) is 14.9. The van der Waals surface area contributed by atoms with Gasteiger partial charge in [-0.3, -0.25) is 0 Å². The van der Waals surface area contributed by atoms with Crippen LogP contribution in [0.25, 0.3) is 5.57 Å². The van der Waals surface area contributed by atoms with Gasteiger partial charge in [-0.05, 0) is 61.2 Å². The Balaban J connectivity index is 2.49. The molecule has 0 N–H and O–H groups in total. The van der Waals surface area contributed by atoms with E-state index in [1.807, 2.05) is 30.3 Å². The van der Waals surface area contributed by atoms with Gasteiger partial charge in [-0.25, -0.2) is 0 Å². The van der Waals surface area contributed by atoms with Crippen molar-refractivity contribution in [2.24, 2.45) is 5.41 Å². The molecule has 0 amide bonds. The number of hydrogen-bond donors (Lipinski definition) is 1. The zero-order chi connectivity index (χ0) is 24.1. The molecule has 0 radical (unpaired) electrons. The highest BCUT2D eigenvalue weighted by atomic mass is 32.1. The Labute approximate surface area is 198 Å². The number of thiol groups is 1. The van der Waals surface area contributed by atoms with Crippen molar-refractivity contribution in [2.75, 3.05) is 28.4 Å². The van der Waals surface area contributed by atoms with Gasteiger partial charge in [-0.2, -0.15) is 12.6 Å². The predicted octanol–water partition coefficient (Wildman–Crippen LogP) is 6.26. The van der Waals surface area contributed by atoms with Gasteiger partial charge in [0.2, 0.25) is 5.75 Å². The second kappa shape index (κ2) is 10.3. The highest BCUT2D eigenvalue weighted by molar-refractivity contribution is 7.81. The summed E-state index contributed by atoms with van der Waals surface area (Å²) in [6, 6.07) is 9.66. The van der Waals surface area contributed by atoms with Gasteiger partial charge in [0.25, 0.3) is 0 Å². The molecule has 172 valence electrons. The van der Waals surface area contributed by atoms with Crippen molar-refractivity contribution in [1.82, 2.24) is 0 Å². The van der Waals surface area contributed by atoms with E-state index in [0.29, 0.717) is 17.2 Å². The van der Waals surface area contributed by atoms with Gasteiger partial charge in [0.15, 0.2) is 11.5 Å². The topological polar surface area (TPSA) is 36.9 Å². The van der Waals surface area contributed by atoms with Gasteiger partial charge >= 0.3 is 0 Å². The Morgan fingerprint density at radius 3 is 1.88 bits per heavy atom. The van der Waals surface area contributed by atoms with E-state index in [-0.39, 0.29) is 10.2 Å². The summed E-state index contributed by atoms with van der Waals surface area (Å²) < 4.78 is 21.8. The molecule has 0 aliphatic carbocycles. The van der Waals surface area contributed by atoms with Gasteiger partial charge in [-0.1, -0.05) is 38.3 Å². The van der Waals surface area contributed by atoms with E-state index >= 15 is 0 Å². The lowest BCUT2D eigenvalue weighted by atomic mass is 9.84. The molecule has 32 heavy (non-hydrogen) atoms. The van der Waals surface area contributed by atoms with Crippen LogP contribution in [0.1, 0.15) is 50.8 Å². The molecule has 2 aromatic carbocycles. The average Bonchev–Trinajstić information content (AvgIpc) is 2.74. The molecule has 0 aliphatic heterocycles. The summed E-state index contributed by atoms with van der Waals surface area (Å²) in [5.74, 6) is 9.14. The minimum Gasteiger partial charge on any atom is -0.495 e. The van der Waals surface area contributed by atoms with Crippen molar-refractivity contribution in [1.29, 1.82) is 0 Å². The standard InChI is InChI=1S/C27H34O4S/c1-18(21-15-23(29-7)25(31-9)24(16-21)30-8)19-10-11-22(28-6)20(14-19)12-13-26(2,3)17-27(4,5)32/h10-11,14-16,32H,1,17H2,2-9H3. The third-order valence-electron chi connectivity index (χ3n) is 4.97. The SMILES string of the molecule is C=C(c1ccc(OC)c(C#CC(C)(C)CC(C)(C)S)c1)c1cc(OC)c(OC)c(OC)c1. The van der Waals surface area contributed by atoms with Crippen LogP contribution < -0.4 is 18.9 Å². The zero-order valence-electron chi connectivity index (χ0n) is 20.4. The molecule has 0 aromatic heterocycles. The minimum atomic E-state index is -0.194. The van der Waals surface area contributed by atoms with Gasteiger partial charge < -0.3 is 18.9 Å². The maximum absolute atomic E-state index is 5.55. The summed E-state index contributed by atoms with van der Waals surface area (Å²) in [6.45, 7) is 12.8. The summed E-state index contributed by atoms with van der Waals surface area (Å²) in [5.41, 5.74) is 3.21. The van der Waals surface area contributed by atoms with Crippen molar-refractivity contribution >= 4 is 18.2 Å². The Bertz CT molecular complexity index is 1010. The predicted molar refractivity (Wildman–Crippen MR) is 136 cm³/mol. The molecule has 2 aromatic rings. The highest BCUT2D eigenvalue weighted by Gasteiger charge is 2.24. The molecule has 0 aliphatic rings. The van der Waals surface area contributed by atoms with Gasteiger partial charge in [0.1, 0.15) is 5.75 Å². The van der Waals surface area contributed by atoms with Crippen LogP contribution in [-0.2, 0) is 0 Å². The molecule has 0 saturated heterocycles. The van der Waals surface area contributed by atoms with Crippen molar-refractivity contribution in [3.63, 3.8) is 0 Å². The van der Waals surface area contributed by atoms with Gasteiger partial charge in [0.05, 0.1) is 34.0 Å². The third-order valence-corrected chi connectivity index (χ3v) is 5.13. The molecule has 2 rings (SSSR count). The number of rotatable bonds is 8. The Morgan fingerprint density at radius 2 is 1.41 bits per heavy atom. The monoisotopic (exact) mass is 454 g/mol. The zero-order valence-corrected chi connectivity index (χ0v) is 21.3. The first-order valence-electron chi connectivity index (χ1n) is 10.4. The van der Waals surface area contributed by atoms with Crippen molar-refractivity contribution in [3.05, 3.63) is 53.6 Å². The normalized spacial score (nSPS) is 11.3. The van der Waals surface area contributed by atoms with Crippen LogP contribution in [0.2, 0.25) is 0 Å². The van der Waals surface area contributed by atoms with E-state index in [2.05, 4.69) is 58.7 Å². The number of hydrogen-bond acceptors (Lipinski definition) is 5. The number of methoxy groups -OCH3 is 4. The van der Waals surface area contributed by atoms with Crippen molar-refractivity contribution in [3.8, 4) is 34.8 Å². The summed E-state index contributed by atoms with van der Waals surface area (Å²) >= 11 is 4.66. The quantitative estimate of drug-likeness (QED) is 0.377. The summed E-state index contributed by atoms with van der Waals surface area (Å²) in [6.07, 6.45) is 0.857. The lowest BCUT2D eigenvalue weighted by Crippen LogP contribution is -2.22. The van der Waals surface area contributed by atoms with Crippen molar-refractivity contribution in [2.45, 2.75) is 38.9 Å². The second-order valence-corrected chi connectivity index (χ2v) is 10.1. The van der Waals surface area contributed by atoms with E-state index in [0.717, 1.165) is 34.4 Å². The minimum absolute atomic E-state index is 0.106. The van der Waals surface area contributed by atoms with E-state index in [1.54, 1.807) is 28.4 Å². The molecule has 4 nitrogen and oxygen atoms in total. The average molecular weight is 455 g/mol. The molecular weight excluding hydrogens is 420 g/mol. The molecule has 0 bridgehead atoms. The lowest BCUT2D eigenvalue weighted by molar-refractivity contribution is 0.324. The van der Waals surface area contributed by atoms with Crippen LogP contribution in [0.3, 0.4) is 0 Å². The maximum atomic E-state index is 5.55. The van der Waals surface area contributed by atoms with E-state index < -0.39 is 0 Å². The molecule has 0 atom stereocenters. The van der Waals surface area contributed by atoms with Gasteiger partial charge in [-0.15, -0.1) is 0 Å². The van der Waals surface area contributed by atoms with Crippen molar-refractivity contribution < 1.29 is 18.9 Å². The third kappa shape index (κ3) is 6.40. The van der Waals surface area contributed by atoms with E-state index in [4.69, 9.17) is 18.9 Å². The Kier molecular flexibility index (Phi) is 8.20. The Morgan fingerprint density at radius 1 is 0.844 bits per heavy atom.